The number of unbranched alkanes of at least 4 members (excludes halogenated alkanes) is 2. The van der Waals surface area contributed by atoms with Gasteiger partial charge in [0.1, 0.15) is 5.75 Å². The summed E-state index contributed by atoms with van der Waals surface area (Å²) < 4.78 is 17.3. The zero-order chi connectivity index (χ0) is 29.6. The molecule has 3 atom stereocenters. The molecule has 0 bridgehead atoms. The highest BCUT2D eigenvalue weighted by atomic mass is 35.5. The summed E-state index contributed by atoms with van der Waals surface area (Å²) in [6.07, 6.45) is 3.95. The van der Waals surface area contributed by atoms with Gasteiger partial charge in [0.05, 0.1) is 47.3 Å². The van der Waals surface area contributed by atoms with Crippen molar-refractivity contribution < 1.29 is 45.8 Å². The summed E-state index contributed by atoms with van der Waals surface area (Å²) in [5.41, 5.74) is 1.73. The molecule has 0 radical (unpaired) electrons. The average Bonchev–Trinajstić information content (AvgIpc) is 3.56. The standard InChI is InChI=1S/C32H45N3O6.ClH/c1-6-7-16-33(17-8-9-18-35(2,3)4)29(36)21-34-20-26(24-12-15-27-28(19-24)41-22-40-27)30(32(37)38)31(34)23-10-13-25(39-5)14-11-23;/h10-15,19,26,30-31H,6-9,16-18,20-22H2,1-5H3;1H/t26-,30-,31+;/m0./s1. The van der Waals surface area contributed by atoms with Gasteiger partial charge < -0.3 is 41.1 Å². The fourth-order valence-corrected chi connectivity index (χ4v) is 5.95. The van der Waals surface area contributed by atoms with Crippen molar-refractivity contribution in [1.82, 2.24) is 9.80 Å². The monoisotopic (exact) mass is 603 g/mol. The Balaban J connectivity index is 0.00000484. The fourth-order valence-electron chi connectivity index (χ4n) is 5.95. The molecule has 4 rings (SSSR count). The summed E-state index contributed by atoms with van der Waals surface area (Å²) in [5, 5.41) is 10.6. The highest BCUT2D eigenvalue weighted by Gasteiger charge is 2.48. The number of carbonyl (C=O) groups is 2. The summed E-state index contributed by atoms with van der Waals surface area (Å²) in [5.74, 6) is 0.0918. The Bertz CT molecular complexity index is 1190. The van der Waals surface area contributed by atoms with E-state index in [1.54, 1.807) is 7.11 Å². The van der Waals surface area contributed by atoms with Gasteiger partial charge in [0.25, 0.3) is 0 Å². The topological polar surface area (TPSA) is 88.5 Å². The zero-order valence-corrected chi connectivity index (χ0v) is 26.3. The SMILES string of the molecule is CCCCN(CCCC[N+](C)(C)C)C(=O)CN1C[C@@H](c2ccc3c(c2)OCO3)[C@H](C(=O)O)[C@H]1c1ccc(OC)cc1.[Cl-]. The lowest BCUT2D eigenvalue weighted by Gasteiger charge is -2.30. The number of rotatable bonds is 14. The molecule has 2 aromatic rings. The van der Waals surface area contributed by atoms with Gasteiger partial charge in [-0.15, -0.1) is 0 Å². The predicted octanol–water partition coefficient (Wildman–Crippen LogP) is 1.38. The van der Waals surface area contributed by atoms with E-state index in [0.29, 0.717) is 36.9 Å². The number of methoxy groups -OCH3 is 1. The summed E-state index contributed by atoms with van der Waals surface area (Å²) in [6, 6.07) is 12.7. The largest absolute Gasteiger partial charge is 1.00 e. The normalized spacial score (nSPS) is 19.8. The van der Waals surface area contributed by atoms with Crippen LogP contribution in [-0.2, 0) is 9.59 Å². The number of ether oxygens (including phenoxy) is 3. The molecule has 1 fully saturated rings. The van der Waals surface area contributed by atoms with Gasteiger partial charge in [-0.25, -0.2) is 0 Å². The minimum atomic E-state index is -0.883. The summed E-state index contributed by atoms with van der Waals surface area (Å²) in [7, 11) is 8.16. The molecule has 1 amide bonds. The number of aliphatic carboxylic acids is 1. The maximum Gasteiger partial charge on any atom is 0.309 e. The van der Waals surface area contributed by atoms with Crippen molar-refractivity contribution in [2.45, 2.75) is 44.6 Å². The fraction of sp³-hybridized carbons (Fsp3) is 0.562. The van der Waals surface area contributed by atoms with Crippen LogP contribution in [0.3, 0.4) is 0 Å². The van der Waals surface area contributed by atoms with E-state index in [1.165, 1.54) is 0 Å². The van der Waals surface area contributed by atoms with E-state index in [9.17, 15) is 14.7 Å². The Labute approximate surface area is 256 Å². The number of amides is 1. The van der Waals surface area contributed by atoms with Crippen molar-refractivity contribution in [2.75, 3.05) is 67.8 Å². The average molecular weight is 604 g/mol. The van der Waals surface area contributed by atoms with Gasteiger partial charge in [-0.3, -0.25) is 14.5 Å². The van der Waals surface area contributed by atoms with Crippen LogP contribution in [0.2, 0.25) is 0 Å². The molecule has 10 heteroatoms. The second-order valence-electron chi connectivity index (χ2n) is 12.2. The number of hydrogen-bond donors (Lipinski definition) is 1. The lowest BCUT2D eigenvalue weighted by molar-refractivity contribution is -0.870. The van der Waals surface area contributed by atoms with Crippen LogP contribution in [0.25, 0.3) is 0 Å². The quantitative estimate of drug-likeness (QED) is 0.258. The van der Waals surface area contributed by atoms with Crippen molar-refractivity contribution in [1.29, 1.82) is 0 Å². The molecule has 0 saturated carbocycles. The molecule has 232 valence electrons. The number of benzene rings is 2. The van der Waals surface area contributed by atoms with E-state index >= 15 is 0 Å². The Morgan fingerprint density at radius 2 is 1.67 bits per heavy atom. The summed E-state index contributed by atoms with van der Waals surface area (Å²) >= 11 is 0. The van der Waals surface area contributed by atoms with Crippen LogP contribution in [0.1, 0.15) is 55.7 Å². The molecule has 2 aromatic carbocycles. The van der Waals surface area contributed by atoms with Crippen molar-refractivity contribution in [3.05, 3.63) is 53.6 Å². The number of fused-ring (bicyclic) bond motifs is 1. The van der Waals surface area contributed by atoms with Crippen LogP contribution < -0.4 is 26.6 Å². The second kappa shape index (κ2) is 14.9. The number of carboxylic acids is 1. The number of hydrogen-bond acceptors (Lipinski definition) is 6. The Morgan fingerprint density at radius 1 is 1.00 bits per heavy atom. The van der Waals surface area contributed by atoms with Gasteiger partial charge in [0, 0.05) is 31.6 Å². The molecule has 2 aliphatic heterocycles. The number of halogens is 1. The highest BCUT2D eigenvalue weighted by molar-refractivity contribution is 5.79. The Kier molecular flexibility index (Phi) is 11.9. The van der Waals surface area contributed by atoms with E-state index < -0.39 is 17.9 Å². The summed E-state index contributed by atoms with van der Waals surface area (Å²) in [6.45, 7) is 5.39. The van der Waals surface area contributed by atoms with E-state index in [2.05, 4.69) is 33.0 Å². The first-order chi connectivity index (χ1) is 19.6. The molecule has 0 aliphatic carbocycles. The molecule has 1 N–H and O–H groups in total. The van der Waals surface area contributed by atoms with Crippen LogP contribution in [-0.4, -0.2) is 99.0 Å². The van der Waals surface area contributed by atoms with Crippen LogP contribution in [0.5, 0.6) is 17.2 Å². The maximum absolute atomic E-state index is 13.8. The molecular weight excluding hydrogens is 558 g/mol. The highest BCUT2D eigenvalue weighted by Crippen LogP contribution is 2.47. The second-order valence-corrected chi connectivity index (χ2v) is 12.2. The van der Waals surface area contributed by atoms with Crippen molar-refractivity contribution in [2.24, 2.45) is 5.92 Å². The van der Waals surface area contributed by atoms with Gasteiger partial charge in [-0.05, 0) is 54.7 Å². The smallest absolute Gasteiger partial charge is 0.309 e. The molecule has 0 unspecified atom stereocenters. The number of carboxylic acid groups (broad SMARTS) is 1. The van der Waals surface area contributed by atoms with E-state index in [1.807, 2.05) is 47.4 Å². The van der Waals surface area contributed by atoms with E-state index in [-0.39, 0.29) is 37.6 Å². The van der Waals surface area contributed by atoms with Gasteiger partial charge in [0.2, 0.25) is 12.7 Å². The first kappa shape index (κ1) is 33.5. The summed E-state index contributed by atoms with van der Waals surface area (Å²) in [4.78, 5) is 30.7. The lowest BCUT2D eigenvalue weighted by atomic mass is 9.82. The molecule has 42 heavy (non-hydrogen) atoms. The Hall–Kier alpha value is -3.01. The van der Waals surface area contributed by atoms with Crippen molar-refractivity contribution >= 4 is 11.9 Å². The van der Waals surface area contributed by atoms with Crippen molar-refractivity contribution in [3.63, 3.8) is 0 Å². The minimum absolute atomic E-state index is 0. The van der Waals surface area contributed by atoms with Gasteiger partial charge in [-0.2, -0.15) is 0 Å². The van der Waals surface area contributed by atoms with Crippen molar-refractivity contribution in [3.8, 4) is 17.2 Å². The predicted molar refractivity (Wildman–Crippen MR) is 157 cm³/mol. The zero-order valence-electron chi connectivity index (χ0n) is 25.6. The third-order valence-electron chi connectivity index (χ3n) is 8.15. The van der Waals surface area contributed by atoms with Gasteiger partial charge in [-0.1, -0.05) is 31.5 Å². The third-order valence-corrected chi connectivity index (χ3v) is 8.15. The van der Waals surface area contributed by atoms with Gasteiger partial charge >= 0.3 is 5.97 Å². The minimum Gasteiger partial charge on any atom is -1.00 e. The Morgan fingerprint density at radius 3 is 2.31 bits per heavy atom. The number of nitrogens with zero attached hydrogens (tertiary/aromatic N) is 3. The van der Waals surface area contributed by atoms with E-state index in [0.717, 1.165) is 47.8 Å². The first-order valence-electron chi connectivity index (χ1n) is 14.7. The molecule has 2 aliphatic rings. The number of likely N-dealkylation sites (tertiary alicyclic amines) is 1. The number of carbonyl (C=O) groups excluding carboxylic acids is 1. The molecular formula is C32H46ClN3O6. The number of quaternary nitrogens is 1. The lowest BCUT2D eigenvalue weighted by Crippen LogP contribution is -3.00. The molecule has 2 heterocycles. The maximum atomic E-state index is 13.8. The van der Waals surface area contributed by atoms with Gasteiger partial charge in [0.15, 0.2) is 11.5 Å². The first-order valence-corrected chi connectivity index (χ1v) is 14.7. The van der Waals surface area contributed by atoms with Crippen LogP contribution >= 0.6 is 0 Å². The molecule has 9 nitrogen and oxygen atoms in total. The molecule has 0 aromatic heterocycles. The molecule has 0 spiro atoms. The van der Waals surface area contributed by atoms with Crippen LogP contribution in [0.15, 0.2) is 42.5 Å². The van der Waals surface area contributed by atoms with E-state index in [4.69, 9.17) is 14.2 Å². The van der Waals surface area contributed by atoms with Crippen LogP contribution in [0, 0.1) is 5.92 Å². The third kappa shape index (κ3) is 8.30. The molecule has 1 saturated heterocycles. The van der Waals surface area contributed by atoms with Crippen LogP contribution in [0.4, 0.5) is 0 Å².